The van der Waals surface area contributed by atoms with Crippen LogP contribution in [-0.4, -0.2) is 35.9 Å². The van der Waals surface area contributed by atoms with E-state index in [0.29, 0.717) is 30.1 Å². The second-order valence-corrected chi connectivity index (χ2v) is 16.4. The molecule has 6 aliphatic carbocycles. The molecular formula is C33H52O5. The summed E-state index contributed by atoms with van der Waals surface area (Å²) in [5, 5.41) is 12.5. The minimum absolute atomic E-state index is 0.00644. The van der Waals surface area contributed by atoms with Gasteiger partial charge in [-0.1, -0.05) is 48.5 Å². The molecule has 0 unspecified atom stereocenters. The lowest BCUT2D eigenvalue weighted by atomic mass is 9.34. The maximum Gasteiger partial charge on any atom is 0.302 e. The van der Waals surface area contributed by atoms with Crippen LogP contribution in [0, 0.1) is 62.1 Å². The van der Waals surface area contributed by atoms with E-state index in [1.54, 1.807) is 0 Å². The Morgan fingerprint density at radius 3 is 2.29 bits per heavy atom. The third kappa shape index (κ3) is 2.93. The summed E-state index contributed by atoms with van der Waals surface area (Å²) in [7, 11) is 0. The molecule has 0 radical (unpaired) electrons. The van der Waals surface area contributed by atoms with Crippen molar-refractivity contribution in [2.45, 2.75) is 131 Å². The Morgan fingerprint density at radius 2 is 1.63 bits per heavy atom. The first-order chi connectivity index (χ1) is 17.7. The van der Waals surface area contributed by atoms with Gasteiger partial charge in [-0.2, -0.15) is 0 Å². The summed E-state index contributed by atoms with van der Waals surface area (Å²) < 4.78 is 12.0. The van der Waals surface area contributed by atoms with Crippen molar-refractivity contribution in [3.05, 3.63) is 0 Å². The first kappa shape index (κ1) is 27.1. The van der Waals surface area contributed by atoms with Gasteiger partial charge in [0.25, 0.3) is 6.47 Å². The van der Waals surface area contributed by atoms with E-state index < -0.39 is 12.2 Å². The summed E-state index contributed by atoms with van der Waals surface area (Å²) in [5.41, 5.74) is -0.00992. The number of hydrogen-bond acceptors (Lipinski definition) is 5. The number of fused-ring (bicyclic) bond motifs is 4. The summed E-state index contributed by atoms with van der Waals surface area (Å²) in [5.74, 6) is 1.89. The molecule has 6 fully saturated rings. The van der Waals surface area contributed by atoms with Gasteiger partial charge in [-0.3, -0.25) is 9.59 Å². The van der Waals surface area contributed by atoms with Gasteiger partial charge in [0.05, 0.1) is 6.10 Å². The average Bonchev–Trinajstić information content (AvgIpc) is 3.53. The Balaban J connectivity index is 1.46. The van der Waals surface area contributed by atoms with E-state index in [4.69, 9.17) is 9.47 Å². The van der Waals surface area contributed by atoms with Gasteiger partial charge in [-0.25, -0.2) is 0 Å². The van der Waals surface area contributed by atoms with Gasteiger partial charge in [-0.15, -0.1) is 0 Å². The lowest BCUT2D eigenvalue weighted by molar-refractivity contribution is -0.285. The van der Waals surface area contributed by atoms with Crippen molar-refractivity contribution in [3.8, 4) is 0 Å². The Kier molecular flexibility index (Phi) is 5.71. The second kappa shape index (κ2) is 8.01. The number of carbonyl (C=O) groups excluding carboxylic acids is 2. The first-order valence-electron chi connectivity index (χ1n) is 15.6. The lowest BCUT2D eigenvalue weighted by Gasteiger charge is -2.71. The van der Waals surface area contributed by atoms with Crippen molar-refractivity contribution >= 4 is 12.4 Å². The van der Waals surface area contributed by atoms with Gasteiger partial charge in [-0.05, 0) is 103 Å². The van der Waals surface area contributed by atoms with E-state index in [2.05, 4.69) is 48.5 Å². The van der Waals surface area contributed by atoms with E-state index in [9.17, 15) is 14.7 Å². The topological polar surface area (TPSA) is 72.8 Å². The number of carbonyl (C=O) groups is 2. The largest absolute Gasteiger partial charge is 0.462 e. The molecule has 1 N–H and O–H groups in total. The van der Waals surface area contributed by atoms with E-state index in [0.717, 1.165) is 32.1 Å². The van der Waals surface area contributed by atoms with Gasteiger partial charge in [0.1, 0.15) is 12.2 Å². The fraction of sp³-hybridized carbons (Fsp3) is 0.939. The van der Waals surface area contributed by atoms with Crippen molar-refractivity contribution < 1.29 is 24.2 Å². The van der Waals surface area contributed by atoms with Gasteiger partial charge in [0, 0.05) is 23.7 Å². The molecule has 0 saturated heterocycles. The van der Waals surface area contributed by atoms with Crippen LogP contribution >= 0.6 is 0 Å². The molecule has 5 heteroatoms. The molecule has 0 aromatic heterocycles. The number of rotatable bonds is 3. The summed E-state index contributed by atoms with van der Waals surface area (Å²) in [6, 6.07) is 0. The van der Waals surface area contributed by atoms with Crippen LogP contribution in [0.3, 0.4) is 0 Å². The molecule has 0 heterocycles. The van der Waals surface area contributed by atoms with Crippen LogP contribution < -0.4 is 0 Å². The van der Waals surface area contributed by atoms with Crippen LogP contribution in [0.4, 0.5) is 0 Å². The van der Waals surface area contributed by atoms with Gasteiger partial charge >= 0.3 is 5.97 Å². The van der Waals surface area contributed by atoms with E-state index >= 15 is 0 Å². The normalized spacial score (nSPS) is 58.1. The molecular weight excluding hydrogens is 476 g/mol. The average molecular weight is 529 g/mol. The number of hydrogen-bond donors (Lipinski definition) is 1. The van der Waals surface area contributed by atoms with Crippen molar-refractivity contribution in [3.63, 3.8) is 0 Å². The molecule has 0 spiro atoms. The quantitative estimate of drug-likeness (QED) is 0.332. The molecule has 0 amide bonds. The van der Waals surface area contributed by atoms with Crippen molar-refractivity contribution in [2.24, 2.45) is 62.1 Å². The molecule has 5 nitrogen and oxygen atoms in total. The van der Waals surface area contributed by atoms with E-state index in [-0.39, 0.29) is 50.5 Å². The molecule has 38 heavy (non-hydrogen) atoms. The zero-order valence-corrected chi connectivity index (χ0v) is 25.1. The third-order valence-corrected chi connectivity index (χ3v) is 15.0. The van der Waals surface area contributed by atoms with Gasteiger partial charge < -0.3 is 14.6 Å². The predicted octanol–water partition coefficient (Wildman–Crippen LogP) is 6.55. The second-order valence-electron chi connectivity index (χ2n) is 16.4. The highest BCUT2D eigenvalue weighted by Crippen LogP contribution is 2.91. The van der Waals surface area contributed by atoms with Crippen LogP contribution in [0.15, 0.2) is 0 Å². The van der Waals surface area contributed by atoms with Crippen LogP contribution in [0.2, 0.25) is 0 Å². The molecule has 214 valence electrons. The van der Waals surface area contributed by atoms with E-state index in [1.807, 2.05) is 0 Å². The molecule has 6 rings (SSSR count). The van der Waals surface area contributed by atoms with Crippen LogP contribution in [-0.2, 0) is 19.1 Å². The Labute approximate surface area is 230 Å². The summed E-state index contributed by atoms with van der Waals surface area (Å²) in [6.45, 7) is 19.0. The van der Waals surface area contributed by atoms with Crippen molar-refractivity contribution in [2.75, 3.05) is 0 Å². The molecule has 13 atom stereocenters. The van der Waals surface area contributed by atoms with E-state index in [1.165, 1.54) is 32.6 Å². The first-order valence-corrected chi connectivity index (χ1v) is 15.6. The smallest absolute Gasteiger partial charge is 0.302 e. The minimum Gasteiger partial charge on any atom is -0.462 e. The maximum atomic E-state index is 12.5. The van der Waals surface area contributed by atoms with Crippen molar-refractivity contribution in [1.82, 2.24) is 0 Å². The third-order valence-electron chi connectivity index (χ3n) is 15.0. The molecule has 0 aromatic rings. The Bertz CT molecular complexity index is 1020. The summed E-state index contributed by atoms with van der Waals surface area (Å²) >= 11 is 0. The number of aliphatic hydroxyl groups excluding tert-OH is 1. The highest BCUT2D eigenvalue weighted by Gasteiger charge is 2.89. The molecule has 6 aliphatic rings. The fourth-order valence-corrected chi connectivity index (χ4v) is 13.5. The Hall–Kier alpha value is -1.10. The zero-order chi connectivity index (χ0) is 27.7. The van der Waals surface area contributed by atoms with Crippen LogP contribution in [0.1, 0.15) is 113 Å². The molecule has 6 saturated carbocycles. The molecule has 0 aliphatic heterocycles. The standard InChI is InChI=1S/C33H52O5/c1-19-9-12-29(6)15-16-32-17-33(32,25(29)20(19)2)27(37-18-34)24(36)26-30(7)13-11-23(38-21(3)35)28(4,5)22(30)10-14-31(26,32)8/h18-20,22-27,36H,9-17H2,1-8H3/t19-,20+,22+,23+,24+,25-,26-,27+,29-,30+,31-,32-,33-/m1/s1. The Morgan fingerprint density at radius 1 is 0.921 bits per heavy atom. The summed E-state index contributed by atoms with van der Waals surface area (Å²) in [4.78, 5) is 24.1. The zero-order valence-electron chi connectivity index (χ0n) is 25.1. The lowest BCUT2D eigenvalue weighted by Crippen LogP contribution is -2.71. The molecule has 0 aromatic carbocycles. The maximum absolute atomic E-state index is 12.5. The minimum atomic E-state index is -0.665. The fourth-order valence-electron chi connectivity index (χ4n) is 13.5. The van der Waals surface area contributed by atoms with Crippen LogP contribution in [0.5, 0.6) is 0 Å². The number of aliphatic hydroxyl groups is 1. The SMILES string of the molecule is CC(=O)O[C@H]1CC[C@]2(C)[C@H]3[C@H](O)[C@H](OC=O)[C@]45C[C@]4(CC[C@@]4(C)CC[C@@H](C)[C@H](C)[C@H]45)[C@]3(C)CC[C@H]2C1(C)C. The van der Waals surface area contributed by atoms with Crippen LogP contribution in [0.25, 0.3) is 0 Å². The number of ether oxygens (including phenoxy) is 2. The predicted molar refractivity (Wildman–Crippen MR) is 146 cm³/mol. The van der Waals surface area contributed by atoms with Crippen molar-refractivity contribution in [1.29, 1.82) is 0 Å². The monoisotopic (exact) mass is 528 g/mol. The highest BCUT2D eigenvalue weighted by atomic mass is 16.5. The van der Waals surface area contributed by atoms with Gasteiger partial charge in [0.2, 0.25) is 0 Å². The van der Waals surface area contributed by atoms with Gasteiger partial charge in [0.15, 0.2) is 0 Å². The summed E-state index contributed by atoms with van der Waals surface area (Å²) in [6.07, 6.45) is 8.83. The highest BCUT2D eigenvalue weighted by molar-refractivity contribution is 5.66. The molecule has 0 bridgehead atoms. The number of esters is 1.